The maximum Gasteiger partial charge on any atom is 0.150 e. The summed E-state index contributed by atoms with van der Waals surface area (Å²) >= 11 is 11.8. The van der Waals surface area contributed by atoms with E-state index in [1.807, 2.05) is 6.07 Å². The van der Waals surface area contributed by atoms with E-state index in [4.69, 9.17) is 28.9 Å². The van der Waals surface area contributed by atoms with E-state index in [0.717, 1.165) is 5.56 Å². The van der Waals surface area contributed by atoms with Crippen LogP contribution in [0.5, 0.6) is 0 Å². The SMILES string of the molecule is CCS(=O)(=O)CCCC(N)Cc1ccc(Cl)c(Cl)c1. The number of rotatable bonds is 7. The molecular weight excluding hydrogens is 305 g/mol. The molecule has 0 aliphatic heterocycles. The van der Waals surface area contributed by atoms with Crippen LogP contribution in [0.15, 0.2) is 18.2 Å². The first-order valence-corrected chi connectivity index (χ1v) is 8.81. The number of hydrogen-bond acceptors (Lipinski definition) is 3. The quantitative estimate of drug-likeness (QED) is 0.838. The Morgan fingerprint density at radius 1 is 1.26 bits per heavy atom. The van der Waals surface area contributed by atoms with Gasteiger partial charge in [-0.1, -0.05) is 36.2 Å². The molecule has 0 bridgehead atoms. The number of nitrogens with two attached hydrogens (primary N) is 1. The highest BCUT2D eigenvalue weighted by molar-refractivity contribution is 7.91. The summed E-state index contributed by atoms with van der Waals surface area (Å²) in [6, 6.07) is 5.36. The molecule has 1 unspecified atom stereocenters. The minimum atomic E-state index is -2.89. The van der Waals surface area contributed by atoms with Gasteiger partial charge in [0.2, 0.25) is 0 Å². The number of sulfone groups is 1. The second-order valence-electron chi connectivity index (χ2n) is 4.59. The minimum Gasteiger partial charge on any atom is -0.327 e. The number of hydrogen-bond donors (Lipinski definition) is 1. The Bertz CT molecular complexity index is 517. The van der Waals surface area contributed by atoms with Crippen LogP contribution in [0, 0.1) is 0 Å². The summed E-state index contributed by atoms with van der Waals surface area (Å²) in [5.74, 6) is 0.396. The van der Waals surface area contributed by atoms with Gasteiger partial charge in [0.25, 0.3) is 0 Å². The van der Waals surface area contributed by atoms with E-state index in [1.165, 1.54) is 0 Å². The van der Waals surface area contributed by atoms with Crippen molar-refractivity contribution < 1.29 is 8.42 Å². The molecule has 0 aliphatic carbocycles. The van der Waals surface area contributed by atoms with E-state index in [1.54, 1.807) is 19.1 Å². The van der Waals surface area contributed by atoms with Crippen molar-refractivity contribution in [2.75, 3.05) is 11.5 Å². The molecule has 108 valence electrons. The third-order valence-corrected chi connectivity index (χ3v) is 5.48. The standard InChI is InChI=1S/C13H19Cl2NO2S/c1-2-19(17,18)7-3-4-11(16)8-10-5-6-12(14)13(15)9-10/h5-6,9,11H,2-4,7-8,16H2,1H3. The molecule has 0 saturated carbocycles. The van der Waals surface area contributed by atoms with Crippen molar-refractivity contribution in [1.29, 1.82) is 0 Å². The van der Waals surface area contributed by atoms with Crippen LogP contribution in [0.1, 0.15) is 25.3 Å². The fourth-order valence-corrected chi connectivity index (χ4v) is 3.00. The fourth-order valence-electron chi connectivity index (χ4n) is 1.78. The maximum atomic E-state index is 11.3. The summed E-state index contributed by atoms with van der Waals surface area (Å²) in [4.78, 5) is 0. The van der Waals surface area contributed by atoms with Crippen LogP contribution < -0.4 is 5.73 Å². The third kappa shape index (κ3) is 6.13. The maximum absolute atomic E-state index is 11.3. The molecule has 1 aromatic carbocycles. The smallest absolute Gasteiger partial charge is 0.150 e. The summed E-state index contributed by atoms with van der Waals surface area (Å²) < 4.78 is 22.7. The van der Waals surface area contributed by atoms with Crippen LogP contribution in [-0.2, 0) is 16.3 Å². The summed E-state index contributed by atoms with van der Waals surface area (Å²) in [7, 11) is -2.89. The molecule has 0 aliphatic rings. The Labute approximate surface area is 125 Å². The van der Waals surface area contributed by atoms with Gasteiger partial charge >= 0.3 is 0 Å². The van der Waals surface area contributed by atoms with E-state index in [2.05, 4.69) is 0 Å². The molecule has 19 heavy (non-hydrogen) atoms. The predicted octanol–water partition coefficient (Wildman–Crippen LogP) is 3.08. The summed E-state index contributed by atoms with van der Waals surface area (Å²) in [6.45, 7) is 1.66. The van der Waals surface area contributed by atoms with Gasteiger partial charge in [-0.2, -0.15) is 0 Å². The van der Waals surface area contributed by atoms with E-state index in [-0.39, 0.29) is 17.5 Å². The first-order valence-electron chi connectivity index (χ1n) is 6.24. The largest absolute Gasteiger partial charge is 0.327 e. The Kier molecular flexibility index (Phi) is 6.60. The normalized spacial score (nSPS) is 13.5. The van der Waals surface area contributed by atoms with Gasteiger partial charge in [-0.15, -0.1) is 0 Å². The van der Waals surface area contributed by atoms with Crippen LogP contribution in [-0.4, -0.2) is 26.0 Å². The van der Waals surface area contributed by atoms with Crippen molar-refractivity contribution in [3.63, 3.8) is 0 Å². The lowest BCUT2D eigenvalue weighted by atomic mass is 10.0. The number of benzene rings is 1. The summed E-state index contributed by atoms with van der Waals surface area (Å²) in [5, 5.41) is 1.04. The number of halogens is 2. The highest BCUT2D eigenvalue weighted by Gasteiger charge is 2.10. The van der Waals surface area contributed by atoms with Crippen LogP contribution in [0.4, 0.5) is 0 Å². The average molecular weight is 324 g/mol. The zero-order chi connectivity index (χ0) is 14.5. The van der Waals surface area contributed by atoms with Crippen molar-refractivity contribution in [3.8, 4) is 0 Å². The molecule has 1 rings (SSSR count). The molecule has 1 atom stereocenters. The molecule has 2 N–H and O–H groups in total. The van der Waals surface area contributed by atoms with Gasteiger partial charge in [-0.25, -0.2) is 8.42 Å². The van der Waals surface area contributed by atoms with Gasteiger partial charge < -0.3 is 5.73 Å². The van der Waals surface area contributed by atoms with Crippen LogP contribution in [0.25, 0.3) is 0 Å². The van der Waals surface area contributed by atoms with Crippen molar-refractivity contribution in [3.05, 3.63) is 33.8 Å². The molecule has 0 radical (unpaired) electrons. The van der Waals surface area contributed by atoms with Gasteiger partial charge in [0.1, 0.15) is 9.84 Å². The lowest BCUT2D eigenvalue weighted by Crippen LogP contribution is -2.24. The van der Waals surface area contributed by atoms with E-state index < -0.39 is 9.84 Å². The van der Waals surface area contributed by atoms with E-state index in [9.17, 15) is 8.42 Å². The highest BCUT2D eigenvalue weighted by Crippen LogP contribution is 2.23. The molecule has 0 amide bonds. The molecule has 0 fully saturated rings. The molecule has 6 heteroatoms. The summed E-state index contributed by atoms with van der Waals surface area (Å²) in [5.41, 5.74) is 7.01. The van der Waals surface area contributed by atoms with Crippen molar-refractivity contribution in [1.82, 2.24) is 0 Å². The molecule has 0 aromatic heterocycles. The van der Waals surface area contributed by atoms with Gasteiger partial charge in [-0.3, -0.25) is 0 Å². The molecule has 0 heterocycles. The monoisotopic (exact) mass is 323 g/mol. The Hall–Kier alpha value is -0.290. The van der Waals surface area contributed by atoms with Crippen LogP contribution in [0.3, 0.4) is 0 Å². The summed E-state index contributed by atoms with van der Waals surface area (Å²) in [6.07, 6.45) is 1.95. The van der Waals surface area contributed by atoms with Gasteiger partial charge in [0.05, 0.1) is 15.8 Å². The highest BCUT2D eigenvalue weighted by atomic mass is 35.5. The predicted molar refractivity (Wildman–Crippen MR) is 81.7 cm³/mol. The van der Waals surface area contributed by atoms with E-state index >= 15 is 0 Å². The first-order chi connectivity index (χ1) is 8.84. The topological polar surface area (TPSA) is 60.2 Å². The molecule has 0 spiro atoms. The van der Waals surface area contributed by atoms with Gasteiger partial charge in [-0.05, 0) is 37.0 Å². The van der Waals surface area contributed by atoms with Crippen molar-refractivity contribution in [2.45, 2.75) is 32.2 Å². The van der Waals surface area contributed by atoms with E-state index in [0.29, 0.717) is 29.3 Å². The molecule has 1 aromatic rings. The van der Waals surface area contributed by atoms with Gasteiger partial charge in [0, 0.05) is 11.8 Å². The second-order valence-corrected chi connectivity index (χ2v) is 7.88. The molecular formula is C13H19Cl2NO2S. The van der Waals surface area contributed by atoms with Crippen molar-refractivity contribution >= 4 is 33.0 Å². The molecule has 0 saturated heterocycles. The Balaban J connectivity index is 2.43. The van der Waals surface area contributed by atoms with Gasteiger partial charge in [0.15, 0.2) is 0 Å². The zero-order valence-electron chi connectivity index (χ0n) is 10.9. The molecule has 3 nitrogen and oxygen atoms in total. The Morgan fingerprint density at radius 2 is 1.95 bits per heavy atom. The minimum absolute atomic E-state index is 0.0655. The first kappa shape index (κ1) is 16.8. The zero-order valence-corrected chi connectivity index (χ0v) is 13.2. The average Bonchev–Trinajstić information content (AvgIpc) is 2.33. The lowest BCUT2D eigenvalue weighted by Gasteiger charge is -2.12. The lowest BCUT2D eigenvalue weighted by molar-refractivity contribution is 0.574. The van der Waals surface area contributed by atoms with Crippen LogP contribution in [0.2, 0.25) is 10.0 Å². The fraction of sp³-hybridized carbons (Fsp3) is 0.538. The van der Waals surface area contributed by atoms with Crippen LogP contribution >= 0.6 is 23.2 Å². The second kappa shape index (κ2) is 7.48. The van der Waals surface area contributed by atoms with Crippen molar-refractivity contribution in [2.24, 2.45) is 5.73 Å². The third-order valence-electron chi connectivity index (χ3n) is 2.95. The Morgan fingerprint density at radius 3 is 2.53 bits per heavy atom.